The number of carbonyl (C=O) groups is 2. The van der Waals surface area contributed by atoms with Gasteiger partial charge in [-0.3, -0.25) is 4.79 Å². The fourth-order valence-electron chi connectivity index (χ4n) is 0.986. The van der Waals surface area contributed by atoms with Crippen molar-refractivity contribution in [2.45, 2.75) is 6.92 Å². The number of hydrogen-bond acceptors (Lipinski definition) is 3. The summed E-state index contributed by atoms with van der Waals surface area (Å²) >= 11 is 11.5. The van der Waals surface area contributed by atoms with Gasteiger partial charge in [-0.05, 0) is 19.1 Å². The van der Waals surface area contributed by atoms with E-state index in [9.17, 15) is 9.59 Å². The van der Waals surface area contributed by atoms with Crippen molar-refractivity contribution >= 4 is 35.0 Å². The largest absolute Gasteiger partial charge is 0.460 e. The van der Waals surface area contributed by atoms with Crippen LogP contribution >= 0.6 is 23.2 Å². The van der Waals surface area contributed by atoms with E-state index < -0.39 is 11.8 Å². The van der Waals surface area contributed by atoms with Crippen LogP contribution in [0.2, 0.25) is 10.0 Å². The van der Waals surface area contributed by atoms with Crippen molar-refractivity contribution in [3.8, 4) is 0 Å². The number of halogens is 2. The quantitative estimate of drug-likeness (QED) is 0.468. The van der Waals surface area contributed by atoms with Crippen LogP contribution in [0.5, 0.6) is 0 Å². The molecule has 1 rings (SSSR count). The Hall–Kier alpha value is -1.06. The van der Waals surface area contributed by atoms with Crippen molar-refractivity contribution < 1.29 is 14.3 Å². The number of Topliss-reactive ketones (excluding diaryl/α,β-unsaturated/α-hetero) is 1. The van der Waals surface area contributed by atoms with Crippen molar-refractivity contribution in [1.82, 2.24) is 0 Å². The van der Waals surface area contributed by atoms with Gasteiger partial charge < -0.3 is 4.74 Å². The van der Waals surface area contributed by atoms with E-state index >= 15 is 0 Å². The number of ketones is 1. The van der Waals surface area contributed by atoms with Crippen LogP contribution in [-0.2, 0) is 9.53 Å². The van der Waals surface area contributed by atoms with E-state index in [2.05, 4.69) is 4.74 Å². The van der Waals surface area contributed by atoms with Crippen LogP contribution in [0.1, 0.15) is 17.3 Å². The highest BCUT2D eigenvalue weighted by molar-refractivity contribution is 6.49. The average molecular weight is 247 g/mol. The van der Waals surface area contributed by atoms with Crippen molar-refractivity contribution in [3.05, 3.63) is 33.8 Å². The first-order valence-corrected chi connectivity index (χ1v) is 4.99. The molecule has 0 aromatic heterocycles. The molecule has 1 aromatic carbocycles. The molecule has 0 N–H and O–H groups in total. The Morgan fingerprint density at radius 2 is 2.00 bits per heavy atom. The first kappa shape index (κ1) is 12.0. The number of benzene rings is 1. The van der Waals surface area contributed by atoms with Gasteiger partial charge in [0.1, 0.15) is 0 Å². The molecule has 80 valence electrons. The zero-order valence-electron chi connectivity index (χ0n) is 7.92. The number of esters is 1. The molecule has 3 nitrogen and oxygen atoms in total. The molecule has 0 saturated carbocycles. The molecule has 1 aromatic rings. The van der Waals surface area contributed by atoms with Gasteiger partial charge in [-0.1, -0.05) is 29.3 Å². The molecule has 0 aliphatic rings. The summed E-state index contributed by atoms with van der Waals surface area (Å²) in [6.45, 7) is 1.76. The third-order valence-electron chi connectivity index (χ3n) is 1.66. The molecule has 0 unspecified atom stereocenters. The fraction of sp³-hybridized carbons (Fsp3) is 0.200. The first-order chi connectivity index (χ1) is 7.07. The van der Waals surface area contributed by atoms with Gasteiger partial charge >= 0.3 is 5.97 Å². The standard InChI is InChI=1S/C10H8Cl2O3/c1-2-15-10(14)9(13)6-4-3-5-7(11)8(6)12/h3-5H,2H2,1H3. The van der Waals surface area contributed by atoms with Crippen molar-refractivity contribution in [2.75, 3.05) is 6.61 Å². The molecule has 0 radical (unpaired) electrons. The second-order valence-corrected chi connectivity index (χ2v) is 3.44. The van der Waals surface area contributed by atoms with Crippen LogP contribution in [0.3, 0.4) is 0 Å². The molecular formula is C10H8Cl2O3. The Balaban J connectivity index is 3.01. The van der Waals surface area contributed by atoms with Gasteiger partial charge in [-0.25, -0.2) is 4.79 Å². The smallest absolute Gasteiger partial charge is 0.379 e. The minimum atomic E-state index is -0.929. The van der Waals surface area contributed by atoms with E-state index in [-0.39, 0.29) is 22.2 Å². The van der Waals surface area contributed by atoms with E-state index in [4.69, 9.17) is 23.2 Å². The molecule has 0 bridgehead atoms. The summed E-state index contributed by atoms with van der Waals surface area (Å²) in [5, 5.41) is 0.295. The maximum atomic E-state index is 11.5. The van der Waals surface area contributed by atoms with Crippen molar-refractivity contribution in [1.29, 1.82) is 0 Å². The van der Waals surface area contributed by atoms with Gasteiger partial charge in [0.15, 0.2) is 0 Å². The van der Waals surface area contributed by atoms with Crippen LogP contribution in [0.4, 0.5) is 0 Å². The van der Waals surface area contributed by atoms with Gasteiger partial charge in [0.2, 0.25) is 0 Å². The molecule has 5 heteroatoms. The summed E-state index contributed by atoms with van der Waals surface area (Å²) in [5.74, 6) is -1.72. The van der Waals surface area contributed by atoms with E-state index in [1.165, 1.54) is 12.1 Å². The van der Waals surface area contributed by atoms with Crippen molar-refractivity contribution in [3.63, 3.8) is 0 Å². The van der Waals surface area contributed by atoms with E-state index in [0.717, 1.165) is 0 Å². The number of ether oxygens (including phenoxy) is 1. The average Bonchev–Trinajstić information content (AvgIpc) is 2.21. The molecule has 0 amide bonds. The predicted molar refractivity (Wildman–Crippen MR) is 57.4 cm³/mol. The predicted octanol–water partition coefficient (Wildman–Crippen LogP) is 2.74. The lowest BCUT2D eigenvalue weighted by Gasteiger charge is -2.03. The molecule has 0 saturated heterocycles. The highest BCUT2D eigenvalue weighted by Crippen LogP contribution is 2.25. The fourth-order valence-corrected chi connectivity index (χ4v) is 1.37. The summed E-state index contributed by atoms with van der Waals surface area (Å²) in [6, 6.07) is 4.50. The van der Waals surface area contributed by atoms with Gasteiger partial charge in [0.05, 0.1) is 16.7 Å². The highest BCUT2D eigenvalue weighted by Gasteiger charge is 2.21. The highest BCUT2D eigenvalue weighted by atomic mass is 35.5. The SMILES string of the molecule is CCOC(=O)C(=O)c1cccc(Cl)c1Cl. The molecule has 0 atom stereocenters. The van der Waals surface area contributed by atoms with Crippen LogP contribution in [0.15, 0.2) is 18.2 Å². The van der Waals surface area contributed by atoms with E-state index in [0.29, 0.717) is 0 Å². The maximum Gasteiger partial charge on any atom is 0.379 e. The zero-order valence-corrected chi connectivity index (χ0v) is 9.43. The third-order valence-corrected chi connectivity index (χ3v) is 2.48. The molecular weight excluding hydrogens is 239 g/mol. The van der Waals surface area contributed by atoms with Gasteiger partial charge in [0, 0.05) is 5.56 Å². The van der Waals surface area contributed by atoms with Crippen LogP contribution < -0.4 is 0 Å². The Kier molecular flexibility index (Phi) is 4.12. The summed E-state index contributed by atoms with van der Waals surface area (Å²) in [6.07, 6.45) is 0. The minimum Gasteiger partial charge on any atom is -0.460 e. The zero-order chi connectivity index (χ0) is 11.4. The molecule has 15 heavy (non-hydrogen) atoms. The molecule has 0 spiro atoms. The van der Waals surface area contributed by atoms with E-state index in [1.807, 2.05) is 0 Å². The minimum absolute atomic E-state index is 0.0580. The Morgan fingerprint density at radius 1 is 1.33 bits per heavy atom. The lowest BCUT2D eigenvalue weighted by Crippen LogP contribution is -2.17. The van der Waals surface area contributed by atoms with Crippen LogP contribution in [0.25, 0.3) is 0 Å². The Labute approximate surface area is 96.9 Å². The Bertz CT molecular complexity index is 402. The normalized spacial score (nSPS) is 9.80. The summed E-state index contributed by atoms with van der Waals surface area (Å²) in [4.78, 5) is 22.6. The Morgan fingerprint density at radius 3 is 2.60 bits per heavy atom. The second-order valence-electron chi connectivity index (χ2n) is 2.65. The molecule has 0 aliphatic carbocycles. The monoisotopic (exact) mass is 246 g/mol. The maximum absolute atomic E-state index is 11.5. The molecule has 0 aliphatic heterocycles. The molecule has 0 fully saturated rings. The second kappa shape index (κ2) is 5.14. The summed E-state index contributed by atoms with van der Waals surface area (Å²) in [5.41, 5.74) is 0.0580. The third kappa shape index (κ3) is 2.70. The lowest BCUT2D eigenvalue weighted by atomic mass is 10.1. The number of carbonyl (C=O) groups excluding carboxylic acids is 2. The van der Waals surface area contributed by atoms with Crippen LogP contribution in [0, 0.1) is 0 Å². The van der Waals surface area contributed by atoms with Gasteiger partial charge in [-0.15, -0.1) is 0 Å². The summed E-state index contributed by atoms with van der Waals surface area (Å²) < 4.78 is 4.56. The van der Waals surface area contributed by atoms with Crippen molar-refractivity contribution in [2.24, 2.45) is 0 Å². The van der Waals surface area contributed by atoms with Gasteiger partial charge in [-0.2, -0.15) is 0 Å². The number of rotatable bonds is 3. The molecule has 0 heterocycles. The lowest BCUT2D eigenvalue weighted by molar-refractivity contribution is -0.137. The van der Waals surface area contributed by atoms with Gasteiger partial charge in [0.25, 0.3) is 5.78 Å². The topological polar surface area (TPSA) is 43.4 Å². The van der Waals surface area contributed by atoms with E-state index in [1.54, 1.807) is 13.0 Å². The summed E-state index contributed by atoms with van der Waals surface area (Å²) in [7, 11) is 0. The number of hydrogen-bond donors (Lipinski definition) is 0. The first-order valence-electron chi connectivity index (χ1n) is 4.23. The van der Waals surface area contributed by atoms with Crippen LogP contribution in [-0.4, -0.2) is 18.4 Å².